The number of likely N-dealkylation sites (N-methyl/N-ethyl adjacent to an activating group) is 1. The van der Waals surface area contributed by atoms with Crippen LogP contribution in [0, 0.1) is 5.92 Å². The number of pyridine rings is 1. The van der Waals surface area contributed by atoms with E-state index in [0.29, 0.717) is 51.9 Å². The molecule has 1 aromatic carbocycles. The molecule has 2 aromatic heterocycles. The van der Waals surface area contributed by atoms with Gasteiger partial charge in [0, 0.05) is 36.4 Å². The van der Waals surface area contributed by atoms with E-state index in [1.54, 1.807) is 24.1 Å². The van der Waals surface area contributed by atoms with Gasteiger partial charge in [-0.05, 0) is 59.9 Å². The molecule has 0 radical (unpaired) electrons. The van der Waals surface area contributed by atoms with Gasteiger partial charge >= 0.3 is 0 Å². The highest BCUT2D eigenvalue weighted by atomic mass is 35.5. The summed E-state index contributed by atoms with van der Waals surface area (Å²) in [7, 11) is 3.27. The first-order valence-electron chi connectivity index (χ1n) is 11.9. The minimum atomic E-state index is -0.520. The summed E-state index contributed by atoms with van der Waals surface area (Å²) in [6.07, 6.45) is 4.02. The van der Waals surface area contributed by atoms with Crippen LogP contribution in [0.2, 0.25) is 5.15 Å². The molecule has 37 heavy (non-hydrogen) atoms. The summed E-state index contributed by atoms with van der Waals surface area (Å²) in [5, 5.41) is 11.9. The fraction of sp³-hybridized carbons (Fsp3) is 0.400. The third-order valence-corrected chi connectivity index (χ3v) is 8.12. The van der Waals surface area contributed by atoms with Crippen molar-refractivity contribution < 1.29 is 23.8 Å². The van der Waals surface area contributed by atoms with Crippen LogP contribution in [0.4, 0.5) is 10.8 Å². The number of anilines is 2. The highest BCUT2D eigenvalue weighted by Gasteiger charge is 2.58. The maximum Gasteiger partial charge on any atom is 0.295 e. The zero-order chi connectivity index (χ0) is 25.7. The van der Waals surface area contributed by atoms with E-state index in [1.165, 1.54) is 13.3 Å². The molecule has 2 aliphatic heterocycles. The summed E-state index contributed by atoms with van der Waals surface area (Å²) < 4.78 is 16.6. The SMILES string of the molecule is COc1cnc(Cl)cc1-c1cc2c(cc1C(=O)Nc1nnc(OC[C@@H]3CCOC3)s1)N(C)C(=O)C21CC1. The molecule has 1 saturated carbocycles. The van der Waals surface area contributed by atoms with Gasteiger partial charge < -0.3 is 19.1 Å². The van der Waals surface area contributed by atoms with Crippen molar-refractivity contribution in [2.24, 2.45) is 5.92 Å². The third-order valence-electron chi connectivity index (χ3n) is 7.16. The van der Waals surface area contributed by atoms with E-state index in [0.717, 1.165) is 48.5 Å². The first-order valence-corrected chi connectivity index (χ1v) is 13.1. The number of rotatable bonds is 7. The number of carbonyl (C=O) groups is 2. The zero-order valence-corrected chi connectivity index (χ0v) is 21.8. The number of halogens is 1. The molecule has 0 bridgehead atoms. The lowest BCUT2D eigenvalue weighted by atomic mass is 9.90. The van der Waals surface area contributed by atoms with Crippen LogP contribution < -0.4 is 19.7 Å². The molecule has 1 saturated heterocycles. The number of carbonyl (C=O) groups excluding carboxylic acids is 2. The van der Waals surface area contributed by atoms with Gasteiger partial charge in [0.25, 0.3) is 11.1 Å². The molecule has 12 heteroatoms. The number of nitrogens with zero attached hydrogens (tertiary/aromatic N) is 4. The van der Waals surface area contributed by atoms with Gasteiger partial charge in [-0.1, -0.05) is 16.7 Å². The number of hydrogen-bond donors (Lipinski definition) is 1. The first kappa shape index (κ1) is 24.1. The van der Waals surface area contributed by atoms with Gasteiger partial charge in [-0.15, -0.1) is 5.10 Å². The third kappa shape index (κ3) is 4.20. The summed E-state index contributed by atoms with van der Waals surface area (Å²) in [6, 6.07) is 5.31. The molecule has 10 nitrogen and oxygen atoms in total. The molecule has 3 aliphatic rings. The van der Waals surface area contributed by atoms with Crippen LogP contribution in [0.5, 0.6) is 10.9 Å². The second-order valence-corrected chi connectivity index (χ2v) is 10.8. The van der Waals surface area contributed by atoms with Crippen LogP contribution in [0.25, 0.3) is 11.1 Å². The fourth-order valence-corrected chi connectivity index (χ4v) is 5.75. The second kappa shape index (κ2) is 9.23. The Morgan fingerprint density at radius 3 is 2.86 bits per heavy atom. The quantitative estimate of drug-likeness (QED) is 0.447. The summed E-state index contributed by atoms with van der Waals surface area (Å²) in [6.45, 7) is 1.90. The molecule has 0 unspecified atom stereocenters. The molecule has 2 amide bonds. The number of fused-ring (bicyclic) bond motifs is 2. The van der Waals surface area contributed by atoms with Crippen molar-refractivity contribution in [2.75, 3.05) is 44.2 Å². The van der Waals surface area contributed by atoms with E-state index >= 15 is 0 Å². The molecule has 6 rings (SSSR count). The van der Waals surface area contributed by atoms with Crippen LogP contribution in [0.15, 0.2) is 24.4 Å². The van der Waals surface area contributed by atoms with E-state index in [2.05, 4.69) is 20.5 Å². The number of amides is 2. The van der Waals surface area contributed by atoms with Gasteiger partial charge in [0.15, 0.2) is 0 Å². The van der Waals surface area contributed by atoms with E-state index in [1.807, 2.05) is 6.07 Å². The van der Waals surface area contributed by atoms with Gasteiger partial charge in [-0.3, -0.25) is 14.9 Å². The van der Waals surface area contributed by atoms with Gasteiger partial charge in [0.1, 0.15) is 10.9 Å². The summed E-state index contributed by atoms with van der Waals surface area (Å²) in [5.74, 6) is 0.428. The normalized spacial score (nSPS) is 19.3. The number of methoxy groups -OCH3 is 1. The second-order valence-electron chi connectivity index (χ2n) is 9.44. The Labute approximate surface area is 221 Å². The van der Waals surface area contributed by atoms with E-state index in [4.69, 9.17) is 25.8 Å². The Hall–Kier alpha value is -3.28. The lowest BCUT2D eigenvalue weighted by Gasteiger charge is -2.17. The Balaban J connectivity index is 1.35. The fourth-order valence-electron chi connectivity index (χ4n) is 4.99. The van der Waals surface area contributed by atoms with E-state index in [9.17, 15) is 9.59 Å². The molecule has 1 aliphatic carbocycles. The molecule has 1 N–H and O–H groups in total. The summed E-state index contributed by atoms with van der Waals surface area (Å²) in [5.41, 5.74) is 2.65. The van der Waals surface area contributed by atoms with Crippen LogP contribution in [0.3, 0.4) is 0 Å². The predicted molar refractivity (Wildman–Crippen MR) is 138 cm³/mol. The predicted octanol–water partition coefficient (Wildman–Crippen LogP) is 3.94. The van der Waals surface area contributed by atoms with Crippen molar-refractivity contribution in [3.63, 3.8) is 0 Å². The maximum absolute atomic E-state index is 13.6. The number of benzene rings is 1. The van der Waals surface area contributed by atoms with E-state index in [-0.39, 0.29) is 11.1 Å². The molecule has 192 valence electrons. The molecule has 1 spiro atoms. The molecule has 3 aromatic rings. The largest absolute Gasteiger partial charge is 0.494 e. The number of hydrogen-bond acceptors (Lipinski definition) is 9. The Bertz CT molecular complexity index is 1400. The topological polar surface area (TPSA) is 116 Å². The minimum Gasteiger partial charge on any atom is -0.494 e. The number of ether oxygens (including phenoxy) is 3. The van der Waals surface area contributed by atoms with Crippen LogP contribution in [-0.2, 0) is 14.9 Å². The first-order chi connectivity index (χ1) is 17.9. The van der Waals surface area contributed by atoms with Crippen molar-refractivity contribution in [2.45, 2.75) is 24.7 Å². The monoisotopic (exact) mass is 541 g/mol. The van der Waals surface area contributed by atoms with Crippen molar-refractivity contribution in [3.05, 3.63) is 40.7 Å². The van der Waals surface area contributed by atoms with E-state index < -0.39 is 11.3 Å². The van der Waals surface area contributed by atoms with Crippen LogP contribution in [0.1, 0.15) is 35.2 Å². The van der Waals surface area contributed by atoms with Crippen LogP contribution >= 0.6 is 22.9 Å². The number of nitrogens with one attached hydrogen (secondary N) is 1. The summed E-state index contributed by atoms with van der Waals surface area (Å²) in [4.78, 5) is 32.4. The number of aromatic nitrogens is 3. The molecule has 4 heterocycles. The zero-order valence-electron chi connectivity index (χ0n) is 20.2. The highest BCUT2D eigenvalue weighted by Crippen LogP contribution is 2.58. The van der Waals surface area contributed by atoms with Crippen molar-refractivity contribution in [1.29, 1.82) is 0 Å². The molecule has 1 atom stereocenters. The Kier molecular flexibility index (Phi) is 6.01. The molecular weight excluding hydrogens is 518 g/mol. The van der Waals surface area contributed by atoms with Crippen molar-refractivity contribution in [3.8, 4) is 22.1 Å². The minimum absolute atomic E-state index is 0.0457. The van der Waals surface area contributed by atoms with Gasteiger partial charge in [-0.25, -0.2) is 4.98 Å². The maximum atomic E-state index is 13.6. The standard InChI is InChI=1S/C25H24ClN5O5S/c1-31-18-8-16(21(32)28-23-29-30-24(37-23)36-12-13-3-6-35-11-13)14(7-17(18)25(4-5-25)22(31)33)15-9-20(26)27-10-19(15)34-2/h7-10,13H,3-6,11-12H2,1-2H3,(H,28,29,32)/t13-/m1/s1. The lowest BCUT2D eigenvalue weighted by Crippen LogP contribution is -2.28. The average Bonchev–Trinajstić information content (AvgIpc) is 3.22. The van der Waals surface area contributed by atoms with Gasteiger partial charge in [0.2, 0.25) is 11.0 Å². The van der Waals surface area contributed by atoms with Crippen LogP contribution in [-0.4, -0.2) is 61.0 Å². The van der Waals surface area contributed by atoms with Gasteiger partial charge in [0.05, 0.1) is 31.9 Å². The van der Waals surface area contributed by atoms with Crippen molar-refractivity contribution >= 4 is 45.6 Å². The summed E-state index contributed by atoms with van der Waals surface area (Å²) >= 11 is 7.38. The smallest absolute Gasteiger partial charge is 0.295 e. The van der Waals surface area contributed by atoms with Crippen molar-refractivity contribution in [1.82, 2.24) is 15.2 Å². The van der Waals surface area contributed by atoms with Gasteiger partial charge in [-0.2, -0.15) is 0 Å². The Morgan fingerprint density at radius 2 is 2.14 bits per heavy atom. The lowest BCUT2D eigenvalue weighted by molar-refractivity contribution is -0.119. The average molecular weight is 542 g/mol. The molecule has 2 fully saturated rings. The molecular formula is C25H24ClN5O5S. The Morgan fingerprint density at radius 1 is 1.30 bits per heavy atom. The highest BCUT2D eigenvalue weighted by molar-refractivity contribution is 7.17.